The number of nitrogens with one attached hydrogen (secondary N) is 2. The van der Waals surface area contributed by atoms with Crippen LogP contribution in [0.3, 0.4) is 0 Å². The summed E-state index contributed by atoms with van der Waals surface area (Å²) in [5, 5.41) is 5.68. The second-order valence-electron chi connectivity index (χ2n) is 13.9. The lowest BCUT2D eigenvalue weighted by molar-refractivity contribution is -0.134. The van der Waals surface area contributed by atoms with Crippen LogP contribution in [0.25, 0.3) is 11.1 Å². The molecule has 3 fully saturated rings. The van der Waals surface area contributed by atoms with E-state index in [1.165, 1.54) is 17.7 Å². The number of amides is 2. The molecular formula is C37H43ClF3N5O4. The van der Waals surface area contributed by atoms with Crippen LogP contribution in [0, 0.1) is 31.5 Å². The number of pyridine rings is 1. The quantitative estimate of drug-likeness (QED) is 0.274. The fourth-order valence-electron chi connectivity index (χ4n) is 7.76. The SMILES string of the molecule is COc1cc(-c2cn(C)c(=O)c(C)c2C)cc(Cl)c1CN1CCC(C2CCN(c3ccc(NC4CCC(=O)NC4=O)cc3F)CC2)C(F)(F)C1. The minimum atomic E-state index is -2.91. The van der Waals surface area contributed by atoms with Crippen molar-refractivity contribution in [1.29, 1.82) is 0 Å². The van der Waals surface area contributed by atoms with Gasteiger partial charge in [-0.15, -0.1) is 0 Å². The summed E-state index contributed by atoms with van der Waals surface area (Å²) in [7, 11) is 3.23. The highest BCUT2D eigenvalue weighted by Gasteiger charge is 2.48. The molecule has 2 aromatic carbocycles. The highest BCUT2D eigenvalue weighted by Crippen LogP contribution is 2.44. The Balaban J connectivity index is 1.07. The summed E-state index contributed by atoms with van der Waals surface area (Å²) in [4.78, 5) is 39.5. The second-order valence-corrected chi connectivity index (χ2v) is 14.3. The van der Waals surface area contributed by atoms with E-state index in [2.05, 4.69) is 10.6 Å². The van der Waals surface area contributed by atoms with Crippen LogP contribution in [0.5, 0.6) is 5.75 Å². The molecule has 9 nitrogen and oxygen atoms in total. The molecule has 268 valence electrons. The van der Waals surface area contributed by atoms with Crippen molar-refractivity contribution in [2.24, 2.45) is 18.9 Å². The number of piperidine rings is 3. The minimum Gasteiger partial charge on any atom is -0.496 e. The van der Waals surface area contributed by atoms with Crippen molar-refractivity contribution in [3.63, 3.8) is 0 Å². The molecule has 4 heterocycles. The highest BCUT2D eigenvalue weighted by atomic mass is 35.5. The summed E-state index contributed by atoms with van der Waals surface area (Å²) in [5.41, 5.74) is 4.51. The first kappa shape index (κ1) is 35.8. The van der Waals surface area contributed by atoms with Crippen molar-refractivity contribution in [3.05, 3.63) is 74.4 Å². The standard InChI is InChI=1S/C37H43ClF3N5O4/c1-21-22(2)36(49)44(3)18-26(21)24-15-29(38)27(33(16-24)50-4)19-45-12-11-28(37(40,41)20-45)23-9-13-46(14-10-23)32-7-5-25(17-30(32)39)42-31-6-8-34(47)43-35(31)48/h5,7,15-18,23,28,31,42H,6,8-14,19-20H2,1-4H3,(H,43,47,48). The molecule has 3 aliphatic heterocycles. The van der Waals surface area contributed by atoms with Gasteiger partial charge in [-0.05, 0) is 93.5 Å². The molecule has 0 aliphatic carbocycles. The zero-order valence-corrected chi connectivity index (χ0v) is 29.5. The Hall–Kier alpha value is -4.03. The topological polar surface area (TPSA) is 95.9 Å². The van der Waals surface area contributed by atoms with E-state index in [1.54, 1.807) is 43.3 Å². The van der Waals surface area contributed by atoms with Gasteiger partial charge >= 0.3 is 0 Å². The number of benzene rings is 2. The molecule has 0 saturated carbocycles. The van der Waals surface area contributed by atoms with E-state index in [0.29, 0.717) is 78.6 Å². The van der Waals surface area contributed by atoms with Gasteiger partial charge in [-0.1, -0.05) is 11.6 Å². The Kier molecular flexibility index (Phi) is 10.2. The average molecular weight is 714 g/mol. The predicted octanol–water partition coefficient (Wildman–Crippen LogP) is 6.06. The molecule has 0 bridgehead atoms. The van der Waals surface area contributed by atoms with Gasteiger partial charge in [0.15, 0.2) is 0 Å². The van der Waals surface area contributed by atoms with E-state index >= 15 is 13.2 Å². The lowest BCUT2D eigenvalue weighted by atomic mass is 9.76. The molecule has 3 aliphatic rings. The van der Waals surface area contributed by atoms with Crippen molar-refractivity contribution < 1.29 is 27.5 Å². The molecule has 13 heteroatoms. The number of aromatic nitrogens is 1. The lowest BCUT2D eigenvalue weighted by Crippen LogP contribution is -2.52. The summed E-state index contributed by atoms with van der Waals surface area (Å²) >= 11 is 6.78. The number of ether oxygens (including phenoxy) is 1. The summed E-state index contributed by atoms with van der Waals surface area (Å²) in [5.74, 6) is -4.59. The number of likely N-dealkylation sites (tertiary alicyclic amines) is 1. The molecule has 2 amide bonds. The van der Waals surface area contributed by atoms with Gasteiger partial charge in [-0.25, -0.2) is 13.2 Å². The van der Waals surface area contributed by atoms with Gasteiger partial charge in [0.2, 0.25) is 11.8 Å². The number of hydrogen-bond donors (Lipinski definition) is 2. The fourth-order valence-corrected chi connectivity index (χ4v) is 8.03. The number of alkyl halides is 2. The normalized spacial score (nSPS) is 21.6. The lowest BCUT2D eigenvalue weighted by Gasteiger charge is -2.45. The number of nitrogens with zero attached hydrogens (tertiary/aromatic N) is 3. The monoisotopic (exact) mass is 713 g/mol. The molecule has 2 unspecified atom stereocenters. The molecule has 0 radical (unpaired) electrons. The molecule has 2 atom stereocenters. The second kappa shape index (κ2) is 14.3. The first-order chi connectivity index (χ1) is 23.7. The molecular weight excluding hydrogens is 671 g/mol. The minimum absolute atomic E-state index is 0.0717. The number of anilines is 2. The van der Waals surface area contributed by atoms with Crippen LogP contribution < -0.4 is 25.8 Å². The number of rotatable bonds is 8. The van der Waals surface area contributed by atoms with E-state index < -0.39 is 36.2 Å². The van der Waals surface area contributed by atoms with Crippen molar-refractivity contribution >= 4 is 34.8 Å². The Labute approximate surface area is 294 Å². The van der Waals surface area contributed by atoms with Gasteiger partial charge in [0.1, 0.15) is 17.6 Å². The van der Waals surface area contributed by atoms with Gasteiger partial charge < -0.3 is 19.5 Å². The maximum absolute atomic E-state index is 15.8. The highest BCUT2D eigenvalue weighted by molar-refractivity contribution is 6.32. The number of carbonyl (C=O) groups excluding carboxylic acids is 2. The Bertz CT molecular complexity index is 1860. The number of halogens is 4. The average Bonchev–Trinajstić information content (AvgIpc) is 3.07. The van der Waals surface area contributed by atoms with Gasteiger partial charge in [-0.3, -0.25) is 24.6 Å². The van der Waals surface area contributed by atoms with E-state index in [9.17, 15) is 14.4 Å². The molecule has 1 aromatic heterocycles. The van der Waals surface area contributed by atoms with Crippen molar-refractivity contribution in [2.75, 3.05) is 43.5 Å². The van der Waals surface area contributed by atoms with Gasteiger partial charge in [0.25, 0.3) is 11.5 Å². The van der Waals surface area contributed by atoms with Crippen molar-refractivity contribution in [2.45, 2.75) is 64.5 Å². The Morgan fingerprint density at radius 3 is 2.42 bits per heavy atom. The maximum atomic E-state index is 15.8. The molecule has 3 aromatic rings. The van der Waals surface area contributed by atoms with Crippen LogP contribution in [0.4, 0.5) is 24.5 Å². The Morgan fingerprint density at radius 1 is 1.02 bits per heavy atom. The Morgan fingerprint density at radius 2 is 1.76 bits per heavy atom. The largest absolute Gasteiger partial charge is 0.496 e. The summed E-state index contributed by atoms with van der Waals surface area (Å²) in [6, 6.07) is 7.70. The number of hydrogen-bond acceptors (Lipinski definition) is 7. The first-order valence-electron chi connectivity index (χ1n) is 17.0. The maximum Gasteiger partial charge on any atom is 0.263 e. The molecule has 0 spiro atoms. The smallest absolute Gasteiger partial charge is 0.263 e. The number of carbonyl (C=O) groups is 2. The third kappa shape index (κ3) is 7.23. The summed E-state index contributed by atoms with van der Waals surface area (Å²) < 4.78 is 54.1. The van der Waals surface area contributed by atoms with E-state index in [4.69, 9.17) is 16.3 Å². The van der Waals surface area contributed by atoms with Crippen LogP contribution in [-0.4, -0.2) is 66.5 Å². The predicted molar refractivity (Wildman–Crippen MR) is 188 cm³/mol. The van der Waals surface area contributed by atoms with Crippen LogP contribution in [-0.2, 0) is 23.2 Å². The fraction of sp³-hybridized carbons (Fsp3) is 0.486. The first-order valence-corrected chi connectivity index (χ1v) is 17.4. The van der Waals surface area contributed by atoms with Crippen LogP contribution >= 0.6 is 11.6 Å². The summed E-state index contributed by atoms with van der Waals surface area (Å²) in [6.07, 6.45) is 3.71. The zero-order valence-electron chi connectivity index (χ0n) is 28.8. The van der Waals surface area contributed by atoms with E-state index in [1.807, 2.05) is 17.9 Å². The molecule has 3 saturated heterocycles. The van der Waals surface area contributed by atoms with E-state index in [-0.39, 0.29) is 30.3 Å². The zero-order chi connectivity index (χ0) is 35.9. The van der Waals surface area contributed by atoms with Gasteiger partial charge in [0, 0.05) is 72.6 Å². The molecule has 6 rings (SSSR count). The van der Waals surface area contributed by atoms with Crippen molar-refractivity contribution in [1.82, 2.24) is 14.8 Å². The molecule has 2 N–H and O–H groups in total. The third-order valence-electron chi connectivity index (χ3n) is 10.7. The number of methoxy groups -OCH3 is 1. The van der Waals surface area contributed by atoms with Crippen molar-refractivity contribution in [3.8, 4) is 16.9 Å². The number of aryl methyl sites for hydroxylation is 1. The van der Waals surface area contributed by atoms with Gasteiger partial charge in [0.05, 0.1) is 19.3 Å². The van der Waals surface area contributed by atoms with Gasteiger partial charge in [-0.2, -0.15) is 0 Å². The number of imide groups is 1. The van der Waals surface area contributed by atoms with Crippen LogP contribution in [0.1, 0.15) is 48.8 Å². The van der Waals surface area contributed by atoms with Crippen LogP contribution in [0.2, 0.25) is 5.02 Å². The van der Waals surface area contributed by atoms with E-state index in [0.717, 1.165) is 16.7 Å². The molecule has 50 heavy (non-hydrogen) atoms. The third-order valence-corrected chi connectivity index (χ3v) is 11.0. The van der Waals surface area contributed by atoms with Crippen LogP contribution in [0.15, 0.2) is 41.3 Å². The summed E-state index contributed by atoms with van der Waals surface area (Å²) in [6.45, 7) is 4.90.